The second-order valence-corrected chi connectivity index (χ2v) is 8.48. The lowest BCUT2D eigenvalue weighted by molar-refractivity contribution is -0.449. The Kier molecular flexibility index (Phi) is 9.21. The molecule has 0 aliphatic carbocycles. The average Bonchev–Trinajstić information content (AvgIpc) is 2.87. The van der Waals surface area contributed by atoms with E-state index >= 15 is 0 Å². The van der Waals surface area contributed by atoms with Crippen LogP contribution in [0.4, 0.5) is 77.2 Å². The van der Waals surface area contributed by atoms with Gasteiger partial charge in [-0.25, -0.2) is 0 Å². The standard InChI is InChI=1S/C23H15F15N2O2/c24-17(25,18(26,27)19(28,29)20(30,31)21(32,33)22(34,35)23(36,37)38)16(42)40-14-9-5-4-8-13(14)39-15(41)11-10-12-6-2-1-3-7-12/h1-9H,10-11H2,(H,39,41)(H,40,42). The summed E-state index contributed by atoms with van der Waals surface area (Å²) in [5, 5.41) is 2.91. The van der Waals surface area contributed by atoms with E-state index in [1.54, 1.807) is 30.3 Å². The van der Waals surface area contributed by atoms with Gasteiger partial charge in [0.1, 0.15) is 0 Å². The van der Waals surface area contributed by atoms with Crippen molar-refractivity contribution in [3.05, 3.63) is 60.2 Å². The summed E-state index contributed by atoms with van der Waals surface area (Å²) in [4.78, 5) is 24.0. The van der Waals surface area contributed by atoms with Crippen molar-refractivity contribution >= 4 is 23.2 Å². The molecule has 0 aliphatic heterocycles. The number of alkyl halides is 15. The largest absolute Gasteiger partial charge is 0.460 e. The first-order valence-corrected chi connectivity index (χ1v) is 10.9. The summed E-state index contributed by atoms with van der Waals surface area (Å²) in [6, 6.07) is 11.6. The maximum Gasteiger partial charge on any atom is 0.460 e. The lowest BCUT2D eigenvalue weighted by atomic mass is 9.91. The van der Waals surface area contributed by atoms with Crippen LogP contribution in [0.15, 0.2) is 54.6 Å². The first kappa shape index (κ1) is 34.5. The highest BCUT2D eigenvalue weighted by atomic mass is 19.4. The van der Waals surface area contributed by atoms with Crippen molar-refractivity contribution < 1.29 is 75.4 Å². The molecule has 2 aromatic carbocycles. The second-order valence-electron chi connectivity index (χ2n) is 8.48. The number of aryl methyl sites for hydroxylation is 1. The minimum atomic E-state index is -8.52. The molecule has 2 aromatic rings. The molecule has 2 rings (SSSR count). The van der Waals surface area contributed by atoms with E-state index in [1.807, 2.05) is 5.32 Å². The Hall–Kier alpha value is -3.67. The Morgan fingerprint density at radius 3 is 1.40 bits per heavy atom. The number of nitrogens with one attached hydrogen (secondary N) is 2. The number of hydrogen-bond acceptors (Lipinski definition) is 2. The number of hydrogen-bond donors (Lipinski definition) is 2. The van der Waals surface area contributed by atoms with Crippen LogP contribution in [0.3, 0.4) is 0 Å². The summed E-state index contributed by atoms with van der Waals surface area (Å²) < 4.78 is 201. The molecule has 0 fully saturated rings. The van der Waals surface area contributed by atoms with E-state index in [0.29, 0.717) is 11.6 Å². The zero-order valence-electron chi connectivity index (χ0n) is 20.1. The third-order valence-electron chi connectivity index (χ3n) is 5.55. The van der Waals surface area contributed by atoms with Gasteiger partial charge in [-0.15, -0.1) is 0 Å². The number of rotatable bonds is 11. The molecule has 0 radical (unpaired) electrons. The second kappa shape index (κ2) is 11.2. The molecule has 0 unspecified atom stereocenters. The number of carbonyl (C=O) groups is 2. The minimum absolute atomic E-state index is 0.104. The first-order chi connectivity index (χ1) is 18.9. The monoisotopic (exact) mass is 636 g/mol. The van der Waals surface area contributed by atoms with Crippen LogP contribution < -0.4 is 10.6 Å². The zero-order chi connectivity index (χ0) is 32.6. The SMILES string of the molecule is O=C(CCc1ccccc1)Nc1ccccc1NC(=O)C(F)(F)C(F)(F)C(F)(F)C(F)(F)C(F)(F)C(F)(F)C(F)(F)F. The zero-order valence-corrected chi connectivity index (χ0v) is 20.1. The van der Waals surface area contributed by atoms with Gasteiger partial charge in [0.25, 0.3) is 0 Å². The van der Waals surface area contributed by atoms with Crippen molar-refractivity contribution in [2.45, 2.75) is 54.6 Å². The Morgan fingerprint density at radius 1 is 0.524 bits per heavy atom. The predicted octanol–water partition coefficient (Wildman–Crippen LogP) is 7.57. The summed E-state index contributed by atoms with van der Waals surface area (Å²) >= 11 is 0. The summed E-state index contributed by atoms with van der Waals surface area (Å²) in [5.74, 6) is -53.1. The van der Waals surface area contributed by atoms with E-state index in [2.05, 4.69) is 0 Å². The van der Waals surface area contributed by atoms with Crippen molar-refractivity contribution in [3.63, 3.8) is 0 Å². The van der Waals surface area contributed by atoms with Crippen LogP contribution in [0.1, 0.15) is 12.0 Å². The van der Waals surface area contributed by atoms with Gasteiger partial charge in [0.2, 0.25) is 5.91 Å². The molecule has 0 spiro atoms. The molecule has 2 N–H and O–H groups in total. The molecule has 0 heterocycles. The van der Waals surface area contributed by atoms with Crippen LogP contribution in [-0.4, -0.2) is 53.5 Å². The van der Waals surface area contributed by atoms with E-state index in [0.717, 1.165) is 23.5 Å². The fourth-order valence-corrected chi connectivity index (χ4v) is 3.13. The topological polar surface area (TPSA) is 58.2 Å². The fourth-order valence-electron chi connectivity index (χ4n) is 3.13. The number of anilines is 2. The number of halogens is 15. The van der Waals surface area contributed by atoms with Crippen molar-refractivity contribution in [3.8, 4) is 0 Å². The number of benzene rings is 2. The third kappa shape index (κ3) is 5.81. The van der Waals surface area contributed by atoms with Crippen LogP contribution in [0, 0.1) is 0 Å². The first-order valence-electron chi connectivity index (χ1n) is 10.9. The molecule has 42 heavy (non-hydrogen) atoms. The van der Waals surface area contributed by atoms with Gasteiger partial charge < -0.3 is 10.6 Å². The Labute approximate surface area is 224 Å². The summed E-state index contributed by atoms with van der Waals surface area (Å²) in [5.41, 5.74) is -1.04. The maximum atomic E-state index is 14.2. The normalized spacial score (nSPS) is 14.0. The van der Waals surface area contributed by atoms with E-state index in [1.165, 1.54) is 0 Å². The lowest BCUT2D eigenvalue weighted by Gasteiger charge is -2.41. The highest BCUT2D eigenvalue weighted by Gasteiger charge is 2.94. The molecule has 0 saturated heterocycles. The highest BCUT2D eigenvalue weighted by Crippen LogP contribution is 2.62. The summed E-state index contributed by atoms with van der Waals surface area (Å²) in [6.45, 7) is 0. The van der Waals surface area contributed by atoms with E-state index in [-0.39, 0.29) is 12.8 Å². The van der Waals surface area contributed by atoms with Crippen LogP contribution >= 0.6 is 0 Å². The molecular weight excluding hydrogens is 621 g/mol. The van der Waals surface area contributed by atoms with Crippen molar-refractivity contribution in [1.82, 2.24) is 0 Å². The quantitative estimate of drug-likeness (QED) is 0.250. The van der Waals surface area contributed by atoms with Crippen molar-refractivity contribution in [2.24, 2.45) is 0 Å². The third-order valence-corrected chi connectivity index (χ3v) is 5.55. The van der Waals surface area contributed by atoms with Gasteiger partial charge in [0, 0.05) is 6.42 Å². The minimum Gasteiger partial charge on any atom is -0.324 e. The number of para-hydroxylation sites is 2. The fraction of sp³-hybridized carbons (Fsp3) is 0.391. The summed E-state index contributed by atoms with van der Waals surface area (Å²) in [7, 11) is 0. The van der Waals surface area contributed by atoms with Crippen molar-refractivity contribution in [2.75, 3.05) is 10.6 Å². The van der Waals surface area contributed by atoms with Gasteiger partial charge in [0.15, 0.2) is 0 Å². The molecular formula is C23H15F15N2O2. The van der Waals surface area contributed by atoms with Gasteiger partial charge in [-0.3, -0.25) is 9.59 Å². The molecule has 4 nitrogen and oxygen atoms in total. The molecule has 0 atom stereocenters. The van der Waals surface area contributed by atoms with E-state index < -0.39 is 64.9 Å². The van der Waals surface area contributed by atoms with Gasteiger partial charge in [0.05, 0.1) is 11.4 Å². The maximum absolute atomic E-state index is 14.2. The number of amides is 2. The van der Waals surface area contributed by atoms with Crippen LogP contribution in [0.5, 0.6) is 0 Å². The van der Waals surface area contributed by atoms with Gasteiger partial charge in [-0.1, -0.05) is 42.5 Å². The molecule has 0 aliphatic rings. The van der Waals surface area contributed by atoms with Crippen molar-refractivity contribution in [1.29, 1.82) is 0 Å². The molecule has 2 amide bonds. The summed E-state index contributed by atoms with van der Waals surface area (Å²) in [6.07, 6.45) is -7.92. The van der Waals surface area contributed by atoms with Crippen LogP contribution in [0.2, 0.25) is 0 Å². The molecule has 0 aromatic heterocycles. The van der Waals surface area contributed by atoms with Gasteiger partial charge in [-0.2, -0.15) is 65.9 Å². The molecule has 234 valence electrons. The lowest BCUT2D eigenvalue weighted by Crippen LogP contribution is -2.73. The van der Waals surface area contributed by atoms with E-state index in [4.69, 9.17) is 0 Å². The molecule has 0 saturated carbocycles. The predicted molar refractivity (Wildman–Crippen MR) is 114 cm³/mol. The smallest absolute Gasteiger partial charge is 0.324 e. The average molecular weight is 636 g/mol. The Balaban J connectivity index is 2.34. The van der Waals surface area contributed by atoms with Crippen LogP contribution in [-0.2, 0) is 16.0 Å². The van der Waals surface area contributed by atoms with E-state index in [9.17, 15) is 75.4 Å². The number of carbonyl (C=O) groups excluding carboxylic acids is 2. The van der Waals surface area contributed by atoms with Crippen LogP contribution in [0.25, 0.3) is 0 Å². The van der Waals surface area contributed by atoms with Gasteiger partial charge in [-0.05, 0) is 24.1 Å². The highest BCUT2D eigenvalue weighted by molar-refractivity contribution is 6.02. The van der Waals surface area contributed by atoms with Gasteiger partial charge >= 0.3 is 47.6 Å². The molecule has 19 heteroatoms. The Morgan fingerprint density at radius 2 is 0.929 bits per heavy atom. The molecule has 0 bridgehead atoms. The Bertz CT molecular complexity index is 1280.